The zero-order chi connectivity index (χ0) is 31.1. The van der Waals surface area contributed by atoms with Crippen molar-refractivity contribution < 1.29 is 0 Å². The third-order valence-corrected chi connectivity index (χ3v) is 10.5. The third kappa shape index (κ3) is 5.05. The third-order valence-electron chi connectivity index (χ3n) is 10.5. The standard InChI is InChI=1S/C45H41N/c1-45(2)43-20-12-11-19-41(43)42-30-29-38(31-44(42)45)46(36-25-21-33(22-26-36)32-13-5-3-6-14-32)37-27-23-35(24-28-37)40-18-10-9-17-39(40)34-15-7-4-8-16-34/h4,7-12,15-32H,3,5-6,13-14H2,1-2H3. The average Bonchev–Trinajstić information content (AvgIpc) is 3.35. The van der Waals surface area contributed by atoms with Crippen LogP contribution in [0.15, 0.2) is 146 Å². The van der Waals surface area contributed by atoms with E-state index in [1.807, 2.05) is 0 Å². The largest absolute Gasteiger partial charge is 0.310 e. The summed E-state index contributed by atoms with van der Waals surface area (Å²) in [6.45, 7) is 4.73. The van der Waals surface area contributed by atoms with E-state index in [0.29, 0.717) is 5.92 Å². The van der Waals surface area contributed by atoms with E-state index in [1.165, 1.54) is 99.2 Å². The van der Waals surface area contributed by atoms with Gasteiger partial charge < -0.3 is 4.90 Å². The van der Waals surface area contributed by atoms with E-state index in [2.05, 4.69) is 164 Å². The SMILES string of the molecule is CC1(C)c2ccccc2-c2ccc(N(c3ccc(-c4ccccc4-c4ccccc4)cc3)c3ccc(C4CCCCC4)cc3)cc21. The molecule has 0 atom stereocenters. The van der Waals surface area contributed by atoms with Crippen LogP contribution >= 0.6 is 0 Å². The molecule has 0 radical (unpaired) electrons. The predicted octanol–water partition coefficient (Wildman–Crippen LogP) is 12.8. The minimum Gasteiger partial charge on any atom is -0.310 e. The molecule has 0 bridgehead atoms. The van der Waals surface area contributed by atoms with E-state index < -0.39 is 0 Å². The van der Waals surface area contributed by atoms with Crippen molar-refractivity contribution in [1.29, 1.82) is 0 Å². The Morgan fingerprint density at radius 2 is 0.978 bits per heavy atom. The Hall–Kier alpha value is -4.88. The smallest absolute Gasteiger partial charge is 0.0465 e. The zero-order valence-electron chi connectivity index (χ0n) is 26.9. The summed E-state index contributed by atoms with van der Waals surface area (Å²) in [5, 5.41) is 0. The van der Waals surface area contributed by atoms with Crippen LogP contribution < -0.4 is 4.90 Å². The topological polar surface area (TPSA) is 3.24 Å². The van der Waals surface area contributed by atoms with Crippen LogP contribution in [0.3, 0.4) is 0 Å². The number of anilines is 3. The van der Waals surface area contributed by atoms with E-state index in [4.69, 9.17) is 0 Å². The molecule has 0 heterocycles. The lowest BCUT2D eigenvalue weighted by Gasteiger charge is -2.29. The second kappa shape index (κ2) is 11.8. The molecule has 1 nitrogen and oxygen atoms in total. The molecule has 2 aliphatic carbocycles. The summed E-state index contributed by atoms with van der Waals surface area (Å²) in [7, 11) is 0. The quantitative estimate of drug-likeness (QED) is 0.185. The monoisotopic (exact) mass is 595 g/mol. The van der Waals surface area contributed by atoms with Crippen LogP contribution in [0.5, 0.6) is 0 Å². The lowest BCUT2D eigenvalue weighted by molar-refractivity contribution is 0.443. The van der Waals surface area contributed by atoms with Gasteiger partial charge in [0.25, 0.3) is 0 Å². The molecule has 1 saturated carbocycles. The summed E-state index contributed by atoms with van der Waals surface area (Å²) in [6.07, 6.45) is 6.72. The van der Waals surface area contributed by atoms with E-state index in [-0.39, 0.29) is 5.41 Å². The highest BCUT2D eigenvalue weighted by molar-refractivity contribution is 5.87. The molecule has 0 amide bonds. The van der Waals surface area contributed by atoms with Crippen molar-refractivity contribution in [3.63, 3.8) is 0 Å². The van der Waals surface area contributed by atoms with Gasteiger partial charge in [0.05, 0.1) is 0 Å². The van der Waals surface area contributed by atoms with Gasteiger partial charge in [0.15, 0.2) is 0 Å². The van der Waals surface area contributed by atoms with Crippen molar-refractivity contribution in [1.82, 2.24) is 0 Å². The number of rotatable bonds is 6. The maximum Gasteiger partial charge on any atom is 0.0465 e. The molecule has 0 N–H and O–H groups in total. The number of fused-ring (bicyclic) bond motifs is 3. The van der Waals surface area contributed by atoms with Gasteiger partial charge in [-0.15, -0.1) is 0 Å². The molecule has 1 fully saturated rings. The zero-order valence-corrected chi connectivity index (χ0v) is 26.9. The average molecular weight is 596 g/mol. The van der Waals surface area contributed by atoms with Crippen molar-refractivity contribution in [2.75, 3.05) is 4.90 Å². The van der Waals surface area contributed by atoms with Crippen LogP contribution in [0.4, 0.5) is 17.1 Å². The van der Waals surface area contributed by atoms with Gasteiger partial charge in [-0.05, 0) is 105 Å². The summed E-state index contributed by atoms with van der Waals surface area (Å²) in [5.74, 6) is 0.694. The molecule has 0 spiro atoms. The Kier molecular flexibility index (Phi) is 7.34. The summed E-state index contributed by atoms with van der Waals surface area (Å²) >= 11 is 0. The highest BCUT2D eigenvalue weighted by Crippen LogP contribution is 2.50. The highest BCUT2D eigenvalue weighted by Gasteiger charge is 2.35. The maximum atomic E-state index is 2.44. The molecule has 6 aromatic carbocycles. The highest BCUT2D eigenvalue weighted by atomic mass is 15.1. The van der Waals surface area contributed by atoms with Gasteiger partial charge in [-0.3, -0.25) is 0 Å². The van der Waals surface area contributed by atoms with Crippen molar-refractivity contribution >= 4 is 17.1 Å². The molecule has 226 valence electrons. The molecule has 46 heavy (non-hydrogen) atoms. The van der Waals surface area contributed by atoms with Gasteiger partial charge in [0.2, 0.25) is 0 Å². The van der Waals surface area contributed by atoms with Crippen LogP contribution in [-0.2, 0) is 5.41 Å². The van der Waals surface area contributed by atoms with Crippen molar-refractivity contribution in [2.24, 2.45) is 0 Å². The maximum absolute atomic E-state index is 2.44. The Labute approximate surface area is 274 Å². The van der Waals surface area contributed by atoms with Gasteiger partial charge in [-0.2, -0.15) is 0 Å². The molecule has 0 aromatic heterocycles. The van der Waals surface area contributed by atoms with Crippen LogP contribution in [-0.4, -0.2) is 0 Å². The molecule has 0 saturated heterocycles. The minimum absolute atomic E-state index is 0.0521. The Bertz CT molecular complexity index is 1980. The normalized spacial score (nSPS) is 15.3. The van der Waals surface area contributed by atoms with Gasteiger partial charge in [-0.1, -0.05) is 142 Å². The Morgan fingerprint density at radius 3 is 1.65 bits per heavy atom. The molecule has 0 aliphatic heterocycles. The molecule has 2 aliphatic rings. The molecule has 1 heteroatoms. The molecular weight excluding hydrogens is 555 g/mol. The van der Waals surface area contributed by atoms with E-state index in [1.54, 1.807) is 0 Å². The van der Waals surface area contributed by atoms with Crippen molar-refractivity contribution in [3.8, 4) is 33.4 Å². The number of benzene rings is 6. The fraction of sp³-hybridized carbons (Fsp3) is 0.200. The minimum atomic E-state index is -0.0521. The van der Waals surface area contributed by atoms with Crippen molar-refractivity contribution in [3.05, 3.63) is 162 Å². The van der Waals surface area contributed by atoms with Crippen LogP contribution in [0.25, 0.3) is 33.4 Å². The van der Waals surface area contributed by atoms with Crippen LogP contribution in [0.2, 0.25) is 0 Å². The Morgan fingerprint density at radius 1 is 0.457 bits per heavy atom. The second-order valence-corrected chi connectivity index (χ2v) is 13.6. The summed E-state index contributed by atoms with van der Waals surface area (Å²) in [6, 6.07) is 54.0. The van der Waals surface area contributed by atoms with Gasteiger partial charge in [0, 0.05) is 22.5 Å². The van der Waals surface area contributed by atoms with Gasteiger partial charge in [-0.25, -0.2) is 0 Å². The lowest BCUT2D eigenvalue weighted by atomic mass is 9.82. The van der Waals surface area contributed by atoms with E-state index in [0.717, 1.165) is 0 Å². The van der Waals surface area contributed by atoms with E-state index in [9.17, 15) is 0 Å². The van der Waals surface area contributed by atoms with Gasteiger partial charge in [0.1, 0.15) is 0 Å². The number of hydrogen-bond acceptors (Lipinski definition) is 1. The summed E-state index contributed by atoms with van der Waals surface area (Å²) < 4.78 is 0. The van der Waals surface area contributed by atoms with E-state index >= 15 is 0 Å². The predicted molar refractivity (Wildman–Crippen MR) is 195 cm³/mol. The van der Waals surface area contributed by atoms with Crippen LogP contribution in [0, 0.1) is 0 Å². The Balaban J connectivity index is 1.21. The first-order valence-electron chi connectivity index (χ1n) is 17.0. The molecule has 0 unspecified atom stereocenters. The first-order chi connectivity index (χ1) is 22.6. The molecule has 6 aromatic rings. The number of hydrogen-bond donors (Lipinski definition) is 0. The first kappa shape index (κ1) is 28.6. The lowest BCUT2D eigenvalue weighted by Crippen LogP contribution is -2.16. The molecule has 8 rings (SSSR count). The summed E-state index contributed by atoms with van der Waals surface area (Å²) in [4.78, 5) is 2.44. The first-order valence-corrected chi connectivity index (χ1v) is 17.0. The van der Waals surface area contributed by atoms with Gasteiger partial charge >= 0.3 is 0 Å². The fourth-order valence-electron chi connectivity index (χ4n) is 8.00. The molecular formula is C45H41N. The second-order valence-electron chi connectivity index (χ2n) is 13.6. The number of nitrogens with zero attached hydrogens (tertiary/aromatic N) is 1. The fourth-order valence-corrected chi connectivity index (χ4v) is 8.00. The van der Waals surface area contributed by atoms with Crippen LogP contribution in [0.1, 0.15) is 68.6 Å². The van der Waals surface area contributed by atoms with Crippen molar-refractivity contribution in [2.45, 2.75) is 57.3 Å². The summed E-state index contributed by atoms with van der Waals surface area (Å²) in [5.41, 5.74) is 15.5.